The molecule has 0 aliphatic rings. The van der Waals surface area contributed by atoms with Crippen molar-refractivity contribution in [3.8, 4) is 5.75 Å². The van der Waals surface area contributed by atoms with Crippen molar-refractivity contribution >= 4 is 5.97 Å². The summed E-state index contributed by atoms with van der Waals surface area (Å²) in [5, 5.41) is 0. The summed E-state index contributed by atoms with van der Waals surface area (Å²) in [4.78, 5) is 11.9. The van der Waals surface area contributed by atoms with Crippen molar-refractivity contribution in [1.29, 1.82) is 0 Å². The Labute approximate surface area is 114 Å². The highest BCUT2D eigenvalue weighted by Gasteiger charge is 2.16. The fourth-order valence-corrected chi connectivity index (χ4v) is 1.63. The van der Waals surface area contributed by atoms with Gasteiger partial charge in [-0.1, -0.05) is 42.5 Å². The lowest BCUT2D eigenvalue weighted by atomic mass is 10.2. The van der Waals surface area contributed by atoms with Crippen LogP contribution in [0.5, 0.6) is 5.75 Å². The number of halogens is 2. The number of carbonyl (C=O) groups excluding carboxylic acids is 1. The van der Waals surface area contributed by atoms with E-state index < -0.39 is 12.6 Å². The van der Waals surface area contributed by atoms with Crippen LogP contribution in [0.1, 0.15) is 15.9 Å². The molecular formula is C15H12F2O3. The number of benzene rings is 2. The first-order valence-corrected chi connectivity index (χ1v) is 5.91. The molecule has 5 heteroatoms. The van der Waals surface area contributed by atoms with Crippen molar-refractivity contribution in [2.75, 3.05) is 0 Å². The van der Waals surface area contributed by atoms with Crippen LogP contribution in [0.2, 0.25) is 0 Å². The highest BCUT2D eigenvalue weighted by molar-refractivity contribution is 5.92. The first-order chi connectivity index (χ1) is 9.66. The summed E-state index contributed by atoms with van der Waals surface area (Å²) in [5.74, 6) is -0.898. The number of para-hydroxylation sites is 1. The third-order valence-corrected chi connectivity index (χ3v) is 2.54. The molecule has 3 nitrogen and oxygen atoms in total. The van der Waals surface area contributed by atoms with E-state index >= 15 is 0 Å². The predicted octanol–water partition coefficient (Wildman–Crippen LogP) is 3.65. The standard InChI is InChI=1S/C15H12F2O3/c16-15(17)20-13-9-5-4-8-12(13)14(18)19-10-11-6-2-1-3-7-11/h1-9,15H,10H2. The molecule has 0 atom stereocenters. The van der Waals surface area contributed by atoms with Gasteiger partial charge in [0.15, 0.2) is 0 Å². The van der Waals surface area contributed by atoms with Crippen molar-refractivity contribution in [3.63, 3.8) is 0 Å². The zero-order chi connectivity index (χ0) is 14.4. The smallest absolute Gasteiger partial charge is 0.387 e. The highest BCUT2D eigenvalue weighted by Crippen LogP contribution is 2.21. The molecule has 0 bridgehead atoms. The Morgan fingerprint density at radius 3 is 2.35 bits per heavy atom. The lowest BCUT2D eigenvalue weighted by molar-refractivity contribution is -0.0504. The summed E-state index contributed by atoms with van der Waals surface area (Å²) in [6.45, 7) is -2.92. The van der Waals surface area contributed by atoms with Crippen LogP contribution < -0.4 is 4.74 Å². The fourth-order valence-electron chi connectivity index (χ4n) is 1.63. The van der Waals surface area contributed by atoms with Gasteiger partial charge in [-0.3, -0.25) is 0 Å². The average Bonchev–Trinajstić information content (AvgIpc) is 2.46. The topological polar surface area (TPSA) is 35.5 Å². The summed E-state index contributed by atoms with van der Waals surface area (Å²) in [5.41, 5.74) is 0.789. The van der Waals surface area contributed by atoms with Gasteiger partial charge in [0.2, 0.25) is 0 Å². The molecular weight excluding hydrogens is 266 g/mol. The van der Waals surface area contributed by atoms with E-state index in [0.717, 1.165) is 5.56 Å². The van der Waals surface area contributed by atoms with E-state index in [1.54, 1.807) is 18.2 Å². The molecule has 0 unspecified atom stereocenters. The molecule has 2 aromatic rings. The number of rotatable bonds is 5. The zero-order valence-corrected chi connectivity index (χ0v) is 10.5. The van der Waals surface area contributed by atoms with Gasteiger partial charge >= 0.3 is 12.6 Å². The lowest BCUT2D eigenvalue weighted by Gasteiger charge is -2.10. The van der Waals surface area contributed by atoms with Crippen LogP contribution >= 0.6 is 0 Å². The second-order valence-corrected chi connectivity index (χ2v) is 3.94. The largest absolute Gasteiger partial charge is 0.457 e. The van der Waals surface area contributed by atoms with Gasteiger partial charge in [-0.2, -0.15) is 8.78 Å². The summed E-state index contributed by atoms with van der Waals surface area (Å²) < 4.78 is 33.8. The van der Waals surface area contributed by atoms with Crippen molar-refractivity contribution in [1.82, 2.24) is 0 Å². The first kappa shape index (κ1) is 14.0. The summed E-state index contributed by atoms with van der Waals surface area (Å²) in [6.07, 6.45) is 0. The van der Waals surface area contributed by atoms with Crippen molar-refractivity contribution in [2.24, 2.45) is 0 Å². The number of hydrogen-bond donors (Lipinski definition) is 0. The first-order valence-electron chi connectivity index (χ1n) is 5.91. The number of alkyl halides is 2. The molecule has 0 spiro atoms. The van der Waals surface area contributed by atoms with Gasteiger partial charge in [0, 0.05) is 0 Å². The van der Waals surface area contributed by atoms with Gasteiger partial charge in [0.05, 0.1) is 0 Å². The fraction of sp³-hybridized carbons (Fsp3) is 0.133. The van der Waals surface area contributed by atoms with Gasteiger partial charge < -0.3 is 9.47 Å². The van der Waals surface area contributed by atoms with Crippen LogP contribution in [0.3, 0.4) is 0 Å². The maximum atomic E-state index is 12.2. The molecule has 20 heavy (non-hydrogen) atoms. The number of esters is 1. The van der Waals surface area contributed by atoms with E-state index in [4.69, 9.17) is 4.74 Å². The summed E-state index contributed by atoms with van der Waals surface area (Å²) in [6, 6.07) is 14.8. The van der Waals surface area contributed by atoms with Crippen molar-refractivity contribution < 1.29 is 23.0 Å². The lowest BCUT2D eigenvalue weighted by Crippen LogP contribution is -2.10. The third kappa shape index (κ3) is 3.78. The maximum absolute atomic E-state index is 12.2. The third-order valence-electron chi connectivity index (χ3n) is 2.54. The minimum atomic E-state index is -2.99. The van der Waals surface area contributed by atoms with E-state index in [1.807, 2.05) is 18.2 Å². The molecule has 0 aliphatic heterocycles. The predicted molar refractivity (Wildman–Crippen MR) is 68.6 cm³/mol. The molecule has 0 saturated carbocycles. The van der Waals surface area contributed by atoms with Crippen LogP contribution in [0.15, 0.2) is 54.6 Å². The van der Waals surface area contributed by atoms with Crippen LogP contribution in [-0.2, 0) is 11.3 Å². The van der Waals surface area contributed by atoms with Gasteiger partial charge in [-0.15, -0.1) is 0 Å². The molecule has 0 N–H and O–H groups in total. The number of carbonyl (C=O) groups is 1. The molecule has 0 aliphatic carbocycles. The van der Waals surface area contributed by atoms with Crippen LogP contribution in [0.4, 0.5) is 8.78 Å². The normalized spacial score (nSPS) is 10.3. The Bertz CT molecular complexity index is 570. The second kappa shape index (κ2) is 6.65. The van der Waals surface area contributed by atoms with Gasteiger partial charge in [0.25, 0.3) is 0 Å². The molecule has 2 aromatic carbocycles. The van der Waals surface area contributed by atoms with E-state index in [0.29, 0.717) is 0 Å². The average molecular weight is 278 g/mol. The SMILES string of the molecule is O=C(OCc1ccccc1)c1ccccc1OC(F)F. The Hall–Kier alpha value is -2.43. The zero-order valence-electron chi connectivity index (χ0n) is 10.5. The minimum Gasteiger partial charge on any atom is -0.457 e. The quantitative estimate of drug-likeness (QED) is 0.783. The van der Waals surface area contributed by atoms with Crippen molar-refractivity contribution in [2.45, 2.75) is 13.2 Å². The number of ether oxygens (including phenoxy) is 2. The van der Waals surface area contributed by atoms with Crippen LogP contribution in [0, 0.1) is 0 Å². The van der Waals surface area contributed by atoms with Crippen molar-refractivity contribution in [3.05, 3.63) is 65.7 Å². The van der Waals surface area contributed by atoms with Gasteiger partial charge in [0.1, 0.15) is 17.9 Å². The van der Waals surface area contributed by atoms with Gasteiger partial charge in [-0.05, 0) is 17.7 Å². The van der Waals surface area contributed by atoms with E-state index in [9.17, 15) is 13.6 Å². The minimum absolute atomic E-state index is 0.0243. The maximum Gasteiger partial charge on any atom is 0.387 e. The Morgan fingerprint density at radius 1 is 1.00 bits per heavy atom. The highest BCUT2D eigenvalue weighted by atomic mass is 19.3. The molecule has 0 saturated heterocycles. The summed E-state index contributed by atoms with van der Waals surface area (Å²) >= 11 is 0. The Balaban J connectivity index is 2.05. The molecule has 2 rings (SSSR count). The van der Waals surface area contributed by atoms with Crippen LogP contribution in [0.25, 0.3) is 0 Å². The van der Waals surface area contributed by atoms with E-state index in [1.165, 1.54) is 18.2 Å². The Morgan fingerprint density at radius 2 is 1.65 bits per heavy atom. The monoisotopic (exact) mass is 278 g/mol. The molecule has 0 amide bonds. The van der Waals surface area contributed by atoms with Crippen LogP contribution in [-0.4, -0.2) is 12.6 Å². The van der Waals surface area contributed by atoms with E-state index in [-0.39, 0.29) is 17.9 Å². The second-order valence-electron chi connectivity index (χ2n) is 3.94. The molecule has 0 fully saturated rings. The van der Waals surface area contributed by atoms with Gasteiger partial charge in [-0.25, -0.2) is 4.79 Å². The van der Waals surface area contributed by atoms with E-state index in [2.05, 4.69) is 4.74 Å². The molecule has 0 heterocycles. The molecule has 0 radical (unpaired) electrons. The molecule has 104 valence electrons. The molecule has 0 aromatic heterocycles. The number of hydrogen-bond acceptors (Lipinski definition) is 3. The Kier molecular flexibility index (Phi) is 4.65. The summed E-state index contributed by atoms with van der Waals surface area (Å²) in [7, 11) is 0.